The van der Waals surface area contributed by atoms with Crippen molar-refractivity contribution >= 4 is 5.69 Å². The lowest BCUT2D eigenvalue weighted by Gasteiger charge is -2.14. The van der Waals surface area contributed by atoms with Crippen LogP contribution in [0.1, 0.15) is 11.3 Å². The van der Waals surface area contributed by atoms with Crippen LogP contribution in [0, 0.1) is 0 Å². The Balaban J connectivity index is 1.92. The van der Waals surface area contributed by atoms with Crippen molar-refractivity contribution in [1.29, 1.82) is 0 Å². The standard InChI is InChI=1S/C12H15N3O/c1-15(7-10-4-5-16-9-10)8-12-3-2-11(13)6-14-12/h2-6,9H,7-8,13H2,1H3. The largest absolute Gasteiger partial charge is 0.472 e. The number of nitrogens with zero attached hydrogens (tertiary/aromatic N) is 2. The van der Waals surface area contributed by atoms with E-state index in [1.54, 1.807) is 18.7 Å². The lowest BCUT2D eigenvalue weighted by molar-refractivity contribution is 0.314. The second-order valence-electron chi connectivity index (χ2n) is 3.89. The number of hydrogen-bond donors (Lipinski definition) is 1. The summed E-state index contributed by atoms with van der Waals surface area (Å²) in [6, 6.07) is 5.78. The highest BCUT2D eigenvalue weighted by molar-refractivity contribution is 5.34. The predicted octanol–water partition coefficient (Wildman–Crippen LogP) is 1.89. The summed E-state index contributed by atoms with van der Waals surface area (Å²) < 4.78 is 5.02. The number of rotatable bonds is 4. The molecule has 0 aliphatic rings. The molecule has 2 aromatic rings. The fourth-order valence-corrected chi connectivity index (χ4v) is 1.56. The average Bonchev–Trinajstić information content (AvgIpc) is 2.74. The van der Waals surface area contributed by atoms with E-state index in [0.29, 0.717) is 5.69 Å². The van der Waals surface area contributed by atoms with E-state index in [2.05, 4.69) is 9.88 Å². The van der Waals surface area contributed by atoms with Gasteiger partial charge in [-0.3, -0.25) is 9.88 Å². The molecule has 2 rings (SSSR count). The van der Waals surface area contributed by atoms with Gasteiger partial charge < -0.3 is 10.2 Å². The smallest absolute Gasteiger partial charge is 0.0947 e. The van der Waals surface area contributed by atoms with Gasteiger partial charge in [-0.2, -0.15) is 0 Å². The van der Waals surface area contributed by atoms with Crippen molar-refractivity contribution in [1.82, 2.24) is 9.88 Å². The molecule has 0 saturated carbocycles. The minimum Gasteiger partial charge on any atom is -0.472 e. The van der Waals surface area contributed by atoms with Crippen LogP contribution in [-0.2, 0) is 13.1 Å². The van der Waals surface area contributed by atoms with Crippen LogP contribution >= 0.6 is 0 Å². The number of nitrogens with two attached hydrogens (primary N) is 1. The van der Waals surface area contributed by atoms with E-state index in [0.717, 1.165) is 24.3 Å². The number of furan rings is 1. The molecule has 2 N–H and O–H groups in total. The SMILES string of the molecule is CN(Cc1ccoc1)Cc1ccc(N)cn1. The fourth-order valence-electron chi connectivity index (χ4n) is 1.56. The van der Waals surface area contributed by atoms with Crippen molar-refractivity contribution in [2.24, 2.45) is 0 Å². The fraction of sp³-hybridized carbons (Fsp3) is 0.250. The van der Waals surface area contributed by atoms with E-state index in [1.165, 1.54) is 0 Å². The van der Waals surface area contributed by atoms with Gasteiger partial charge in [-0.1, -0.05) is 0 Å². The Labute approximate surface area is 94.7 Å². The maximum Gasteiger partial charge on any atom is 0.0947 e. The van der Waals surface area contributed by atoms with Crippen LogP contribution in [0.5, 0.6) is 0 Å². The molecule has 0 bridgehead atoms. The summed E-state index contributed by atoms with van der Waals surface area (Å²) in [6.45, 7) is 1.65. The van der Waals surface area contributed by atoms with E-state index in [1.807, 2.05) is 25.2 Å². The highest BCUT2D eigenvalue weighted by atomic mass is 16.3. The van der Waals surface area contributed by atoms with Crippen molar-refractivity contribution in [2.45, 2.75) is 13.1 Å². The van der Waals surface area contributed by atoms with Crippen LogP contribution in [0.15, 0.2) is 41.3 Å². The molecule has 0 fully saturated rings. The molecule has 2 aromatic heterocycles. The third-order valence-corrected chi connectivity index (χ3v) is 2.31. The van der Waals surface area contributed by atoms with Crippen LogP contribution < -0.4 is 5.73 Å². The van der Waals surface area contributed by atoms with E-state index in [-0.39, 0.29) is 0 Å². The third kappa shape index (κ3) is 2.84. The zero-order valence-corrected chi connectivity index (χ0v) is 9.26. The zero-order chi connectivity index (χ0) is 11.4. The molecule has 0 spiro atoms. The molecular weight excluding hydrogens is 202 g/mol. The number of hydrogen-bond acceptors (Lipinski definition) is 4. The Bertz CT molecular complexity index is 422. The molecule has 0 aliphatic carbocycles. The van der Waals surface area contributed by atoms with Gasteiger partial charge in [0.1, 0.15) is 0 Å². The van der Waals surface area contributed by atoms with Gasteiger partial charge in [0, 0.05) is 18.7 Å². The monoisotopic (exact) mass is 217 g/mol. The van der Waals surface area contributed by atoms with E-state index in [9.17, 15) is 0 Å². The lowest BCUT2D eigenvalue weighted by Crippen LogP contribution is -2.17. The maximum atomic E-state index is 5.58. The molecule has 16 heavy (non-hydrogen) atoms. The van der Waals surface area contributed by atoms with Gasteiger partial charge in [0.15, 0.2) is 0 Å². The number of anilines is 1. The molecule has 2 heterocycles. The van der Waals surface area contributed by atoms with Gasteiger partial charge in [0.2, 0.25) is 0 Å². The highest BCUT2D eigenvalue weighted by Crippen LogP contribution is 2.08. The minimum absolute atomic E-state index is 0.696. The Hall–Kier alpha value is -1.81. The molecular formula is C12H15N3O. The summed E-state index contributed by atoms with van der Waals surface area (Å²) >= 11 is 0. The summed E-state index contributed by atoms with van der Waals surface area (Å²) in [5.41, 5.74) is 8.45. The predicted molar refractivity (Wildman–Crippen MR) is 62.5 cm³/mol. The summed E-state index contributed by atoms with van der Waals surface area (Å²) in [6.07, 6.45) is 5.12. The summed E-state index contributed by atoms with van der Waals surface area (Å²) in [5.74, 6) is 0. The van der Waals surface area contributed by atoms with Crippen molar-refractivity contribution in [3.05, 3.63) is 48.2 Å². The zero-order valence-electron chi connectivity index (χ0n) is 9.26. The quantitative estimate of drug-likeness (QED) is 0.849. The van der Waals surface area contributed by atoms with E-state index < -0.39 is 0 Å². The molecule has 0 aromatic carbocycles. The molecule has 4 heteroatoms. The molecule has 0 unspecified atom stereocenters. The summed E-state index contributed by atoms with van der Waals surface area (Å²) in [7, 11) is 2.05. The van der Waals surface area contributed by atoms with E-state index in [4.69, 9.17) is 10.2 Å². The molecule has 0 atom stereocenters. The van der Waals surface area contributed by atoms with Crippen molar-refractivity contribution in [3.63, 3.8) is 0 Å². The number of nitrogen functional groups attached to an aromatic ring is 1. The van der Waals surface area contributed by atoms with Gasteiger partial charge in [-0.25, -0.2) is 0 Å². The molecule has 0 aliphatic heterocycles. The van der Waals surface area contributed by atoms with Crippen LogP contribution in [0.3, 0.4) is 0 Å². The second-order valence-corrected chi connectivity index (χ2v) is 3.89. The number of pyridine rings is 1. The minimum atomic E-state index is 0.696. The topological polar surface area (TPSA) is 55.3 Å². The van der Waals surface area contributed by atoms with Crippen LogP contribution in [0.2, 0.25) is 0 Å². The van der Waals surface area contributed by atoms with Crippen molar-refractivity contribution < 1.29 is 4.42 Å². The normalized spacial score (nSPS) is 10.9. The molecule has 0 amide bonds. The Morgan fingerprint density at radius 1 is 1.31 bits per heavy atom. The summed E-state index contributed by atoms with van der Waals surface area (Å²) in [4.78, 5) is 6.43. The third-order valence-electron chi connectivity index (χ3n) is 2.31. The molecule has 0 radical (unpaired) electrons. The number of aromatic nitrogens is 1. The van der Waals surface area contributed by atoms with Gasteiger partial charge >= 0.3 is 0 Å². The first-order valence-corrected chi connectivity index (χ1v) is 5.14. The van der Waals surface area contributed by atoms with Gasteiger partial charge in [0.05, 0.1) is 30.1 Å². The first kappa shape index (κ1) is 10.7. The average molecular weight is 217 g/mol. The first-order valence-electron chi connectivity index (χ1n) is 5.14. The Morgan fingerprint density at radius 2 is 2.19 bits per heavy atom. The van der Waals surface area contributed by atoms with Crippen LogP contribution in [-0.4, -0.2) is 16.9 Å². The molecule has 84 valence electrons. The second kappa shape index (κ2) is 4.81. The lowest BCUT2D eigenvalue weighted by atomic mass is 10.3. The highest BCUT2D eigenvalue weighted by Gasteiger charge is 2.03. The van der Waals surface area contributed by atoms with E-state index >= 15 is 0 Å². The van der Waals surface area contributed by atoms with Crippen LogP contribution in [0.25, 0.3) is 0 Å². The van der Waals surface area contributed by atoms with Gasteiger partial charge in [0.25, 0.3) is 0 Å². The van der Waals surface area contributed by atoms with Crippen LogP contribution in [0.4, 0.5) is 5.69 Å². The molecule has 0 saturated heterocycles. The first-order chi connectivity index (χ1) is 7.74. The van der Waals surface area contributed by atoms with Crippen molar-refractivity contribution in [3.8, 4) is 0 Å². The maximum absolute atomic E-state index is 5.58. The van der Waals surface area contributed by atoms with Crippen molar-refractivity contribution in [2.75, 3.05) is 12.8 Å². The van der Waals surface area contributed by atoms with Gasteiger partial charge in [-0.15, -0.1) is 0 Å². The molecule has 4 nitrogen and oxygen atoms in total. The summed E-state index contributed by atoms with van der Waals surface area (Å²) in [5, 5.41) is 0. The van der Waals surface area contributed by atoms with Gasteiger partial charge in [-0.05, 0) is 25.2 Å². The Morgan fingerprint density at radius 3 is 2.81 bits per heavy atom. The Kier molecular flexibility index (Phi) is 3.22.